The molecule has 1 aliphatic rings. The van der Waals surface area contributed by atoms with Gasteiger partial charge in [-0.3, -0.25) is 0 Å². The zero-order valence-corrected chi connectivity index (χ0v) is 9.27. The lowest BCUT2D eigenvalue weighted by Crippen LogP contribution is -2.29. The third-order valence-electron chi connectivity index (χ3n) is 2.81. The van der Waals surface area contributed by atoms with Crippen molar-refractivity contribution < 1.29 is 4.42 Å². The van der Waals surface area contributed by atoms with Gasteiger partial charge in [0.15, 0.2) is 0 Å². The average molecular weight is 215 g/mol. The van der Waals surface area contributed by atoms with Crippen LogP contribution >= 0.6 is 0 Å². The Balaban J connectivity index is 2.07. The Morgan fingerprint density at radius 3 is 3.00 bits per heavy atom. The largest absolute Gasteiger partial charge is 0.461 e. The van der Waals surface area contributed by atoms with Gasteiger partial charge >= 0.3 is 0 Å². The third-order valence-corrected chi connectivity index (χ3v) is 2.81. The standard InChI is InChI=1S/C12H13N3O/c1-8-5-10-6-9(3-4-11(10)16-8)12-13-7-14-15(12)2/h3-7,12H,1-2H3,(H,13,14). The molecule has 0 saturated heterocycles. The van der Waals surface area contributed by atoms with Gasteiger partial charge in [0.2, 0.25) is 0 Å². The van der Waals surface area contributed by atoms with Crippen molar-refractivity contribution in [3.05, 3.63) is 35.6 Å². The molecule has 3 rings (SSSR count). The summed E-state index contributed by atoms with van der Waals surface area (Å²) < 4.78 is 5.54. The molecule has 2 heterocycles. The number of hydrogen-bond acceptors (Lipinski definition) is 4. The molecule has 0 radical (unpaired) electrons. The van der Waals surface area contributed by atoms with Crippen LogP contribution in [0, 0.1) is 6.92 Å². The predicted octanol–water partition coefficient (Wildman–Crippen LogP) is 2.22. The summed E-state index contributed by atoms with van der Waals surface area (Å²) in [6, 6.07) is 8.22. The highest BCUT2D eigenvalue weighted by Gasteiger charge is 2.19. The number of fused-ring (bicyclic) bond motifs is 1. The molecule has 1 aliphatic heterocycles. The lowest BCUT2D eigenvalue weighted by atomic mass is 10.1. The Hall–Kier alpha value is -1.81. The molecule has 0 spiro atoms. The minimum absolute atomic E-state index is 0.0552. The fraction of sp³-hybridized carbons (Fsp3) is 0.250. The Labute approximate surface area is 93.5 Å². The number of nitrogens with zero attached hydrogens (tertiary/aromatic N) is 2. The maximum Gasteiger partial charge on any atom is 0.146 e. The number of hydrogen-bond donors (Lipinski definition) is 1. The summed E-state index contributed by atoms with van der Waals surface area (Å²) in [5, 5.41) is 3.10. The highest BCUT2D eigenvalue weighted by atomic mass is 16.3. The Morgan fingerprint density at radius 2 is 2.25 bits per heavy atom. The van der Waals surface area contributed by atoms with E-state index in [4.69, 9.17) is 4.42 Å². The van der Waals surface area contributed by atoms with Crippen LogP contribution in [-0.4, -0.2) is 18.4 Å². The van der Waals surface area contributed by atoms with Crippen LogP contribution in [0.3, 0.4) is 0 Å². The second kappa shape index (κ2) is 3.35. The monoisotopic (exact) mass is 215 g/mol. The van der Waals surface area contributed by atoms with Gasteiger partial charge in [-0.25, -0.2) is 4.99 Å². The number of furan rings is 1. The molecule has 1 aromatic carbocycles. The first-order valence-corrected chi connectivity index (χ1v) is 5.25. The van der Waals surface area contributed by atoms with Crippen LogP contribution in [0.5, 0.6) is 0 Å². The van der Waals surface area contributed by atoms with Gasteiger partial charge in [-0.15, -0.1) is 0 Å². The van der Waals surface area contributed by atoms with Gasteiger partial charge in [0.1, 0.15) is 17.5 Å². The average Bonchev–Trinajstić information content (AvgIpc) is 2.81. The SMILES string of the molecule is Cc1cc2cc(C3N=CNN3C)ccc2o1. The summed E-state index contributed by atoms with van der Waals surface area (Å²) >= 11 is 0. The third kappa shape index (κ3) is 1.39. The van der Waals surface area contributed by atoms with E-state index in [1.54, 1.807) is 6.34 Å². The molecule has 4 heteroatoms. The van der Waals surface area contributed by atoms with Crippen LogP contribution in [0.25, 0.3) is 11.0 Å². The summed E-state index contributed by atoms with van der Waals surface area (Å²) in [7, 11) is 1.97. The van der Waals surface area contributed by atoms with Crippen molar-refractivity contribution in [2.24, 2.45) is 4.99 Å². The molecule has 0 bridgehead atoms. The van der Waals surface area contributed by atoms with Crippen LogP contribution in [-0.2, 0) is 0 Å². The Kier molecular flexibility index (Phi) is 1.97. The highest BCUT2D eigenvalue weighted by molar-refractivity contribution is 5.79. The molecule has 0 amide bonds. The first kappa shape index (κ1) is 9.42. The van der Waals surface area contributed by atoms with Crippen molar-refractivity contribution in [1.29, 1.82) is 0 Å². The molecule has 82 valence electrons. The maximum atomic E-state index is 5.54. The number of rotatable bonds is 1. The van der Waals surface area contributed by atoms with Crippen molar-refractivity contribution in [2.75, 3.05) is 7.05 Å². The van der Waals surface area contributed by atoms with E-state index in [2.05, 4.69) is 22.6 Å². The molecule has 1 unspecified atom stereocenters. The molecule has 16 heavy (non-hydrogen) atoms. The summed E-state index contributed by atoms with van der Waals surface area (Å²) in [4.78, 5) is 4.36. The van der Waals surface area contributed by atoms with Gasteiger partial charge in [0, 0.05) is 12.4 Å². The highest BCUT2D eigenvalue weighted by Crippen LogP contribution is 2.27. The fourth-order valence-electron chi connectivity index (χ4n) is 2.03. The molecule has 2 aromatic rings. The predicted molar refractivity (Wildman–Crippen MR) is 63.1 cm³/mol. The number of nitrogens with one attached hydrogen (secondary N) is 1. The quantitative estimate of drug-likeness (QED) is 0.793. The number of aryl methyl sites for hydroxylation is 1. The smallest absolute Gasteiger partial charge is 0.146 e. The zero-order valence-electron chi connectivity index (χ0n) is 9.27. The summed E-state index contributed by atoms with van der Waals surface area (Å²) in [6.45, 7) is 1.96. The van der Waals surface area contributed by atoms with Crippen LogP contribution in [0.2, 0.25) is 0 Å². The van der Waals surface area contributed by atoms with Crippen LogP contribution in [0.15, 0.2) is 33.7 Å². The summed E-state index contributed by atoms with van der Waals surface area (Å²) in [5.41, 5.74) is 5.13. The lowest BCUT2D eigenvalue weighted by molar-refractivity contribution is 0.244. The second-order valence-electron chi connectivity index (χ2n) is 4.05. The molecule has 1 atom stereocenters. The van der Waals surface area contributed by atoms with E-state index in [-0.39, 0.29) is 6.17 Å². The Bertz CT molecular complexity index is 558. The van der Waals surface area contributed by atoms with Gasteiger partial charge in [0.25, 0.3) is 0 Å². The molecule has 4 nitrogen and oxygen atoms in total. The van der Waals surface area contributed by atoms with Crippen molar-refractivity contribution in [3.8, 4) is 0 Å². The maximum absolute atomic E-state index is 5.54. The van der Waals surface area contributed by atoms with Gasteiger partial charge in [-0.1, -0.05) is 6.07 Å². The van der Waals surface area contributed by atoms with Gasteiger partial charge in [0.05, 0.1) is 6.34 Å². The number of hydrazine groups is 1. The van der Waals surface area contributed by atoms with Crippen molar-refractivity contribution in [1.82, 2.24) is 10.4 Å². The van der Waals surface area contributed by atoms with E-state index in [9.17, 15) is 0 Å². The summed E-state index contributed by atoms with van der Waals surface area (Å²) in [6.07, 6.45) is 1.77. The van der Waals surface area contributed by atoms with Crippen molar-refractivity contribution in [2.45, 2.75) is 13.1 Å². The van der Waals surface area contributed by atoms with E-state index in [1.165, 1.54) is 0 Å². The second-order valence-corrected chi connectivity index (χ2v) is 4.05. The molecule has 0 aliphatic carbocycles. The van der Waals surface area contributed by atoms with Crippen LogP contribution < -0.4 is 5.43 Å². The fourth-order valence-corrected chi connectivity index (χ4v) is 2.03. The first-order chi connectivity index (χ1) is 7.74. The minimum atomic E-state index is 0.0552. The van der Waals surface area contributed by atoms with Crippen molar-refractivity contribution >= 4 is 17.3 Å². The number of aliphatic imine (C=N–C) groups is 1. The van der Waals surface area contributed by atoms with E-state index >= 15 is 0 Å². The number of benzene rings is 1. The minimum Gasteiger partial charge on any atom is -0.461 e. The molecule has 0 fully saturated rings. The Morgan fingerprint density at radius 1 is 1.38 bits per heavy atom. The lowest BCUT2D eigenvalue weighted by Gasteiger charge is -2.17. The van der Waals surface area contributed by atoms with E-state index in [1.807, 2.05) is 31.1 Å². The topological polar surface area (TPSA) is 40.8 Å². The van der Waals surface area contributed by atoms with Gasteiger partial charge < -0.3 is 9.84 Å². The van der Waals surface area contributed by atoms with Crippen LogP contribution in [0.1, 0.15) is 17.5 Å². The molecular formula is C12H13N3O. The van der Waals surface area contributed by atoms with E-state index < -0.39 is 0 Å². The van der Waals surface area contributed by atoms with Crippen molar-refractivity contribution in [3.63, 3.8) is 0 Å². The first-order valence-electron chi connectivity index (χ1n) is 5.25. The molecule has 1 aromatic heterocycles. The van der Waals surface area contributed by atoms with Gasteiger partial charge in [-0.2, -0.15) is 5.01 Å². The summed E-state index contributed by atoms with van der Waals surface area (Å²) in [5.74, 6) is 0.938. The normalized spacial score (nSPS) is 20.5. The van der Waals surface area contributed by atoms with E-state index in [0.717, 1.165) is 22.3 Å². The molecule has 0 saturated carbocycles. The molecule has 1 N–H and O–H groups in total. The van der Waals surface area contributed by atoms with E-state index in [0.29, 0.717) is 0 Å². The van der Waals surface area contributed by atoms with Gasteiger partial charge in [-0.05, 0) is 30.7 Å². The van der Waals surface area contributed by atoms with Crippen LogP contribution in [0.4, 0.5) is 0 Å². The molecular weight excluding hydrogens is 202 g/mol. The zero-order chi connectivity index (χ0) is 11.1.